The van der Waals surface area contributed by atoms with Crippen LogP contribution < -0.4 is 11.5 Å². The SMILES string of the molecule is NC(N)c1cccc2cc3ccccc3cc12. The third-order valence-electron chi connectivity index (χ3n) is 3.14. The van der Waals surface area contributed by atoms with Crippen molar-refractivity contribution in [3.8, 4) is 0 Å². The molecule has 3 rings (SSSR count). The second-order valence-corrected chi connectivity index (χ2v) is 4.29. The lowest BCUT2D eigenvalue weighted by Gasteiger charge is -2.11. The molecule has 84 valence electrons. The first-order chi connectivity index (χ1) is 8.25. The molecule has 0 saturated heterocycles. The first-order valence-corrected chi connectivity index (χ1v) is 5.68. The maximum Gasteiger partial charge on any atom is 0.0790 e. The smallest absolute Gasteiger partial charge is 0.0790 e. The van der Waals surface area contributed by atoms with Crippen LogP contribution in [0.15, 0.2) is 54.6 Å². The number of hydrogen-bond donors (Lipinski definition) is 2. The fraction of sp³-hybridized carbons (Fsp3) is 0.0667. The van der Waals surface area contributed by atoms with Crippen molar-refractivity contribution in [2.75, 3.05) is 0 Å². The largest absolute Gasteiger partial charge is 0.312 e. The molecule has 3 aromatic carbocycles. The van der Waals surface area contributed by atoms with E-state index >= 15 is 0 Å². The zero-order valence-corrected chi connectivity index (χ0v) is 9.43. The van der Waals surface area contributed by atoms with Crippen molar-refractivity contribution in [3.05, 3.63) is 60.2 Å². The Bertz CT molecular complexity index is 687. The van der Waals surface area contributed by atoms with E-state index in [0.29, 0.717) is 0 Å². The second-order valence-electron chi connectivity index (χ2n) is 4.29. The van der Waals surface area contributed by atoms with Gasteiger partial charge < -0.3 is 11.5 Å². The molecule has 0 aliphatic rings. The highest BCUT2D eigenvalue weighted by Crippen LogP contribution is 2.26. The molecular weight excluding hydrogens is 208 g/mol. The molecule has 0 atom stereocenters. The van der Waals surface area contributed by atoms with Gasteiger partial charge in [-0.05, 0) is 39.2 Å². The topological polar surface area (TPSA) is 52.0 Å². The molecule has 0 spiro atoms. The lowest BCUT2D eigenvalue weighted by atomic mass is 9.99. The normalized spacial score (nSPS) is 11.5. The molecule has 0 amide bonds. The molecule has 2 nitrogen and oxygen atoms in total. The zero-order valence-electron chi connectivity index (χ0n) is 9.43. The lowest BCUT2D eigenvalue weighted by molar-refractivity contribution is 0.781. The predicted molar refractivity (Wildman–Crippen MR) is 72.6 cm³/mol. The quantitative estimate of drug-likeness (QED) is 0.491. The standard InChI is InChI=1S/C15H14N2/c16-15(17)13-7-3-6-12-8-10-4-1-2-5-11(10)9-14(12)13/h1-9,15H,16-17H2. The maximum absolute atomic E-state index is 5.80. The van der Waals surface area contributed by atoms with Crippen molar-refractivity contribution in [2.24, 2.45) is 11.5 Å². The minimum atomic E-state index is -0.431. The van der Waals surface area contributed by atoms with Crippen LogP contribution in [-0.4, -0.2) is 0 Å². The molecule has 3 aromatic rings. The number of fused-ring (bicyclic) bond motifs is 2. The Labute approximate surface area is 99.8 Å². The third-order valence-corrected chi connectivity index (χ3v) is 3.14. The van der Waals surface area contributed by atoms with Crippen LogP contribution in [0.4, 0.5) is 0 Å². The molecule has 0 aliphatic heterocycles. The van der Waals surface area contributed by atoms with Gasteiger partial charge in [0.2, 0.25) is 0 Å². The second kappa shape index (κ2) is 3.84. The van der Waals surface area contributed by atoms with Crippen molar-refractivity contribution in [1.29, 1.82) is 0 Å². The van der Waals surface area contributed by atoms with E-state index in [0.717, 1.165) is 10.9 Å². The highest BCUT2D eigenvalue weighted by molar-refractivity contribution is 5.99. The molecular formula is C15H14N2. The van der Waals surface area contributed by atoms with E-state index < -0.39 is 6.17 Å². The van der Waals surface area contributed by atoms with Gasteiger partial charge in [-0.1, -0.05) is 42.5 Å². The van der Waals surface area contributed by atoms with Gasteiger partial charge in [0.15, 0.2) is 0 Å². The van der Waals surface area contributed by atoms with Crippen LogP contribution >= 0.6 is 0 Å². The lowest BCUT2D eigenvalue weighted by Crippen LogP contribution is -2.20. The fourth-order valence-electron chi connectivity index (χ4n) is 2.28. The van der Waals surface area contributed by atoms with E-state index in [9.17, 15) is 0 Å². The summed E-state index contributed by atoms with van der Waals surface area (Å²) in [4.78, 5) is 0. The summed E-state index contributed by atoms with van der Waals surface area (Å²) in [5.74, 6) is 0. The highest BCUT2D eigenvalue weighted by atomic mass is 14.8. The van der Waals surface area contributed by atoms with Gasteiger partial charge in [0, 0.05) is 0 Å². The average Bonchev–Trinajstić information content (AvgIpc) is 2.35. The van der Waals surface area contributed by atoms with Crippen LogP contribution in [0.1, 0.15) is 11.7 Å². The maximum atomic E-state index is 5.80. The molecule has 0 bridgehead atoms. The van der Waals surface area contributed by atoms with Crippen LogP contribution in [0, 0.1) is 0 Å². The first kappa shape index (κ1) is 10.3. The molecule has 0 aromatic heterocycles. The summed E-state index contributed by atoms with van der Waals surface area (Å²) >= 11 is 0. The van der Waals surface area contributed by atoms with Gasteiger partial charge >= 0.3 is 0 Å². The fourth-order valence-corrected chi connectivity index (χ4v) is 2.28. The van der Waals surface area contributed by atoms with Gasteiger partial charge in [-0.15, -0.1) is 0 Å². The summed E-state index contributed by atoms with van der Waals surface area (Å²) in [6.07, 6.45) is -0.431. The molecule has 0 fully saturated rings. The summed E-state index contributed by atoms with van der Waals surface area (Å²) in [6.45, 7) is 0. The van der Waals surface area contributed by atoms with Crippen molar-refractivity contribution < 1.29 is 0 Å². The van der Waals surface area contributed by atoms with Crippen molar-refractivity contribution >= 4 is 21.5 Å². The average molecular weight is 222 g/mol. The van der Waals surface area contributed by atoms with Crippen LogP contribution in [-0.2, 0) is 0 Å². The Hall–Kier alpha value is -1.90. The van der Waals surface area contributed by atoms with Crippen LogP contribution in [0.2, 0.25) is 0 Å². The first-order valence-electron chi connectivity index (χ1n) is 5.68. The van der Waals surface area contributed by atoms with Gasteiger partial charge in [0.1, 0.15) is 0 Å². The van der Waals surface area contributed by atoms with Gasteiger partial charge in [0.25, 0.3) is 0 Å². The van der Waals surface area contributed by atoms with E-state index in [-0.39, 0.29) is 0 Å². The minimum Gasteiger partial charge on any atom is -0.312 e. The molecule has 4 N–H and O–H groups in total. The molecule has 0 aliphatic carbocycles. The Morgan fingerprint density at radius 3 is 2.06 bits per heavy atom. The van der Waals surface area contributed by atoms with E-state index in [2.05, 4.69) is 30.3 Å². The highest BCUT2D eigenvalue weighted by Gasteiger charge is 2.06. The number of rotatable bonds is 1. The van der Waals surface area contributed by atoms with Gasteiger partial charge in [0.05, 0.1) is 6.17 Å². The molecule has 0 unspecified atom stereocenters. The Kier molecular flexibility index (Phi) is 2.32. The van der Waals surface area contributed by atoms with Crippen LogP contribution in [0.5, 0.6) is 0 Å². The third kappa shape index (κ3) is 1.68. The summed E-state index contributed by atoms with van der Waals surface area (Å²) in [5.41, 5.74) is 12.6. The summed E-state index contributed by atoms with van der Waals surface area (Å²) in [7, 11) is 0. The van der Waals surface area contributed by atoms with E-state index in [1.165, 1.54) is 16.2 Å². The van der Waals surface area contributed by atoms with Gasteiger partial charge in [-0.2, -0.15) is 0 Å². The van der Waals surface area contributed by atoms with E-state index in [4.69, 9.17) is 11.5 Å². The molecule has 2 heteroatoms. The Morgan fingerprint density at radius 2 is 1.35 bits per heavy atom. The predicted octanol–water partition coefficient (Wildman–Crippen LogP) is 2.91. The zero-order chi connectivity index (χ0) is 11.8. The van der Waals surface area contributed by atoms with Crippen LogP contribution in [0.3, 0.4) is 0 Å². The van der Waals surface area contributed by atoms with Crippen molar-refractivity contribution in [2.45, 2.75) is 6.17 Å². The number of benzene rings is 3. The monoisotopic (exact) mass is 222 g/mol. The Balaban J connectivity index is 2.43. The van der Waals surface area contributed by atoms with E-state index in [1.54, 1.807) is 0 Å². The molecule has 0 saturated carbocycles. The van der Waals surface area contributed by atoms with Gasteiger partial charge in [-0.25, -0.2) is 0 Å². The number of nitrogens with two attached hydrogens (primary N) is 2. The molecule has 17 heavy (non-hydrogen) atoms. The summed E-state index contributed by atoms with van der Waals surface area (Å²) in [6, 6.07) is 18.7. The summed E-state index contributed by atoms with van der Waals surface area (Å²) in [5, 5.41) is 4.78. The van der Waals surface area contributed by atoms with Crippen molar-refractivity contribution in [3.63, 3.8) is 0 Å². The Morgan fingerprint density at radius 1 is 0.706 bits per heavy atom. The van der Waals surface area contributed by atoms with Crippen molar-refractivity contribution in [1.82, 2.24) is 0 Å². The minimum absolute atomic E-state index is 0.431. The van der Waals surface area contributed by atoms with Gasteiger partial charge in [-0.3, -0.25) is 0 Å². The summed E-state index contributed by atoms with van der Waals surface area (Å²) < 4.78 is 0. The van der Waals surface area contributed by atoms with Crippen LogP contribution in [0.25, 0.3) is 21.5 Å². The number of hydrogen-bond acceptors (Lipinski definition) is 2. The van der Waals surface area contributed by atoms with E-state index in [1.807, 2.05) is 24.3 Å². The molecule has 0 radical (unpaired) electrons. The molecule has 0 heterocycles.